The van der Waals surface area contributed by atoms with Crippen molar-refractivity contribution in [1.82, 2.24) is 15.0 Å². The van der Waals surface area contributed by atoms with E-state index < -0.39 is 24.3 Å². The average molecular weight is 286 g/mol. The summed E-state index contributed by atoms with van der Waals surface area (Å²) in [5, 5.41) is 6.05. The van der Waals surface area contributed by atoms with E-state index in [4.69, 9.17) is 4.52 Å². The fourth-order valence-corrected chi connectivity index (χ4v) is 2.01. The zero-order valence-corrected chi connectivity index (χ0v) is 11.0. The van der Waals surface area contributed by atoms with Crippen molar-refractivity contribution >= 4 is 23.5 Å². The van der Waals surface area contributed by atoms with Crippen LogP contribution in [0.15, 0.2) is 28.9 Å². The van der Waals surface area contributed by atoms with Crippen LogP contribution >= 0.6 is 0 Å². The van der Waals surface area contributed by atoms with Gasteiger partial charge in [-0.05, 0) is 19.1 Å². The van der Waals surface area contributed by atoms with Crippen molar-refractivity contribution in [1.29, 1.82) is 0 Å². The van der Waals surface area contributed by atoms with Crippen molar-refractivity contribution in [3.05, 3.63) is 41.4 Å². The highest BCUT2D eigenvalue weighted by Crippen LogP contribution is 2.20. The second kappa shape index (κ2) is 4.82. The first kappa shape index (κ1) is 13.0. The number of aromatic nitrogens is 2. The Hall–Kier alpha value is -3.03. The molecule has 0 aromatic carbocycles. The predicted octanol–water partition coefficient (Wildman–Crippen LogP) is 0.613. The number of hydrogen-bond donors (Lipinski definition) is 1. The van der Waals surface area contributed by atoms with Crippen LogP contribution in [0.2, 0.25) is 0 Å². The Labute approximate surface area is 118 Å². The molecule has 8 heteroatoms. The first-order valence-corrected chi connectivity index (χ1v) is 6.10. The van der Waals surface area contributed by atoms with Crippen LogP contribution < -0.4 is 5.32 Å². The predicted molar refractivity (Wildman–Crippen MR) is 69.5 cm³/mol. The number of imide groups is 1. The number of carbonyl (C=O) groups excluding carboxylic acids is 3. The highest BCUT2D eigenvalue weighted by Gasteiger charge is 2.37. The van der Waals surface area contributed by atoms with Gasteiger partial charge in [0.2, 0.25) is 5.91 Å². The number of fused-ring (bicyclic) bond motifs is 1. The molecular formula is C13H10N4O4. The fourth-order valence-electron chi connectivity index (χ4n) is 2.01. The van der Waals surface area contributed by atoms with Crippen LogP contribution in [0.5, 0.6) is 0 Å². The molecule has 0 atom stereocenters. The number of anilines is 1. The van der Waals surface area contributed by atoms with Crippen LogP contribution in [0.4, 0.5) is 5.82 Å². The van der Waals surface area contributed by atoms with Crippen LogP contribution in [-0.4, -0.2) is 39.3 Å². The zero-order chi connectivity index (χ0) is 15.0. The molecule has 0 radical (unpaired) electrons. The van der Waals surface area contributed by atoms with E-state index in [9.17, 15) is 14.4 Å². The van der Waals surface area contributed by atoms with Gasteiger partial charge in [-0.3, -0.25) is 24.3 Å². The lowest BCUT2D eigenvalue weighted by Crippen LogP contribution is -2.37. The summed E-state index contributed by atoms with van der Waals surface area (Å²) in [5.41, 5.74) is 0.264. The number of hydrogen-bond acceptors (Lipinski definition) is 6. The van der Waals surface area contributed by atoms with E-state index in [0.717, 1.165) is 4.90 Å². The molecule has 1 N–H and O–H groups in total. The van der Waals surface area contributed by atoms with Gasteiger partial charge in [0.25, 0.3) is 11.8 Å². The topological polar surface area (TPSA) is 105 Å². The molecule has 8 nitrogen and oxygen atoms in total. The molecule has 1 aliphatic rings. The van der Waals surface area contributed by atoms with Crippen LogP contribution in [0.25, 0.3) is 0 Å². The summed E-state index contributed by atoms with van der Waals surface area (Å²) >= 11 is 0. The largest absolute Gasteiger partial charge is 0.360 e. The molecule has 0 aliphatic carbocycles. The van der Waals surface area contributed by atoms with Gasteiger partial charge in [0.05, 0.1) is 5.56 Å². The van der Waals surface area contributed by atoms with Gasteiger partial charge >= 0.3 is 0 Å². The van der Waals surface area contributed by atoms with Gasteiger partial charge < -0.3 is 9.84 Å². The molecule has 2 aromatic rings. The number of amides is 3. The van der Waals surface area contributed by atoms with Crippen molar-refractivity contribution in [2.45, 2.75) is 6.92 Å². The smallest absolute Gasteiger partial charge is 0.280 e. The van der Waals surface area contributed by atoms with Crippen molar-refractivity contribution < 1.29 is 18.9 Å². The van der Waals surface area contributed by atoms with E-state index >= 15 is 0 Å². The Bertz CT molecular complexity index is 717. The van der Waals surface area contributed by atoms with Gasteiger partial charge in [0.1, 0.15) is 18.0 Å². The van der Waals surface area contributed by atoms with Gasteiger partial charge in [-0.15, -0.1) is 0 Å². The molecule has 0 bridgehead atoms. The van der Waals surface area contributed by atoms with Crippen LogP contribution in [0.3, 0.4) is 0 Å². The lowest BCUT2D eigenvalue weighted by molar-refractivity contribution is -0.116. The second-order valence-electron chi connectivity index (χ2n) is 4.47. The highest BCUT2D eigenvalue weighted by atomic mass is 16.5. The SMILES string of the molecule is Cc1cc(NC(=O)CN2C(=O)c3cccnc3C2=O)no1. The third kappa shape index (κ3) is 2.27. The maximum absolute atomic E-state index is 12.1. The van der Waals surface area contributed by atoms with Crippen LogP contribution in [-0.2, 0) is 4.79 Å². The molecule has 106 valence electrons. The van der Waals surface area contributed by atoms with Crippen molar-refractivity contribution in [3.8, 4) is 0 Å². The van der Waals surface area contributed by atoms with Gasteiger partial charge in [0, 0.05) is 12.3 Å². The number of aryl methyl sites for hydroxylation is 1. The van der Waals surface area contributed by atoms with Crippen molar-refractivity contribution in [2.75, 3.05) is 11.9 Å². The van der Waals surface area contributed by atoms with Gasteiger partial charge in [-0.25, -0.2) is 0 Å². The summed E-state index contributed by atoms with van der Waals surface area (Å²) in [7, 11) is 0. The monoisotopic (exact) mass is 286 g/mol. The summed E-state index contributed by atoms with van der Waals surface area (Å²) in [6, 6.07) is 4.59. The van der Waals surface area contributed by atoms with E-state index in [1.165, 1.54) is 18.3 Å². The van der Waals surface area contributed by atoms with Gasteiger partial charge in [0.15, 0.2) is 5.82 Å². The molecule has 0 unspecified atom stereocenters. The standard InChI is InChI=1S/C13H10N4O4/c1-7-5-9(16-21-7)15-10(18)6-17-12(19)8-3-2-4-14-11(8)13(17)20/h2-5H,6H2,1H3,(H,15,16,18). The third-order valence-corrected chi connectivity index (χ3v) is 2.93. The number of pyridine rings is 1. The minimum atomic E-state index is -0.581. The normalized spacial score (nSPS) is 13.5. The Balaban J connectivity index is 1.73. The number of nitrogens with zero attached hydrogens (tertiary/aromatic N) is 3. The Kier molecular flexibility index (Phi) is 2.98. The number of nitrogens with one attached hydrogen (secondary N) is 1. The molecule has 0 saturated carbocycles. The molecule has 0 saturated heterocycles. The molecule has 2 aromatic heterocycles. The highest BCUT2D eigenvalue weighted by molar-refractivity contribution is 6.21. The molecule has 0 spiro atoms. The number of carbonyl (C=O) groups is 3. The molecule has 3 heterocycles. The maximum Gasteiger partial charge on any atom is 0.280 e. The average Bonchev–Trinajstić information content (AvgIpc) is 2.97. The zero-order valence-electron chi connectivity index (χ0n) is 11.0. The molecular weight excluding hydrogens is 276 g/mol. The molecule has 3 rings (SSSR count). The minimum Gasteiger partial charge on any atom is -0.360 e. The number of rotatable bonds is 3. The van der Waals surface area contributed by atoms with Crippen LogP contribution in [0, 0.1) is 6.92 Å². The summed E-state index contributed by atoms with van der Waals surface area (Å²) in [6.07, 6.45) is 1.42. The molecule has 3 amide bonds. The van der Waals surface area contributed by atoms with Crippen molar-refractivity contribution in [2.24, 2.45) is 0 Å². The Morgan fingerprint density at radius 3 is 2.86 bits per heavy atom. The Morgan fingerprint density at radius 1 is 1.38 bits per heavy atom. The maximum atomic E-state index is 12.1. The fraction of sp³-hybridized carbons (Fsp3) is 0.154. The Morgan fingerprint density at radius 2 is 2.19 bits per heavy atom. The first-order chi connectivity index (χ1) is 10.1. The summed E-state index contributed by atoms with van der Waals surface area (Å²) in [5.74, 6) is -0.892. The summed E-state index contributed by atoms with van der Waals surface area (Å²) in [6.45, 7) is 1.28. The van der Waals surface area contributed by atoms with Gasteiger partial charge in [-0.2, -0.15) is 0 Å². The van der Waals surface area contributed by atoms with E-state index in [0.29, 0.717) is 5.76 Å². The van der Waals surface area contributed by atoms with Crippen molar-refractivity contribution in [3.63, 3.8) is 0 Å². The molecule has 0 fully saturated rings. The summed E-state index contributed by atoms with van der Waals surface area (Å²) in [4.78, 5) is 40.6. The quantitative estimate of drug-likeness (QED) is 0.829. The summed E-state index contributed by atoms with van der Waals surface area (Å²) < 4.78 is 4.81. The third-order valence-electron chi connectivity index (χ3n) is 2.93. The first-order valence-electron chi connectivity index (χ1n) is 6.10. The molecule has 1 aliphatic heterocycles. The lowest BCUT2D eigenvalue weighted by Gasteiger charge is -2.12. The van der Waals surface area contributed by atoms with E-state index in [-0.39, 0.29) is 17.1 Å². The van der Waals surface area contributed by atoms with E-state index in [2.05, 4.69) is 15.5 Å². The minimum absolute atomic E-state index is 0.0626. The van der Waals surface area contributed by atoms with Crippen LogP contribution in [0.1, 0.15) is 26.6 Å². The van der Waals surface area contributed by atoms with Gasteiger partial charge in [-0.1, -0.05) is 5.16 Å². The van der Waals surface area contributed by atoms with E-state index in [1.54, 1.807) is 13.0 Å². The second-order valence-corrected chi connectivity index (χ2v) is 4.47. The molecule has 21 heavy (non-hydrogen) atoms. The van der Waals surface area contributed by atoms with E-state index in [1.807, 2.05) is 0 Å². The lowest BCUT2D eigenvalue weighted by atomic mass is 10.2.